The lowest BCUT2D eigenvalue weighted by molar-refractivity contribution is -0.161. The smallest absolute Gasteiger partial charge is 0.462 e. The van der Waals surface area contributed by atoms with Gasteiger partial charge >= 0.3 is 25.7 Å². The van der Waals surface area contributed by atoms with Crippen LogP contribution in [-0.4, -0.2) is 66.5 Å². The summed E-state index contributed by atoms with van der Waals surface area (Å²) in [5, 5.41) is 9.87. The number of aliphatic hydroxyl groups is 1. The van der Waals surface area contributed by atoms with Crippen molar-refractivity contribution in [2.24, 2.45) is 0 Å². The van der Waals surface area contributed by atoms with Gasteiger partial charge in [-0.05, 0) is 109 Å². The molecule has 0 radical (unpaired) electrons. The second-order valence-electron chi connectivity index (χ2n) is 21.9. The van der Waals surface area contributed by atoms with Crippen LogP contribution < -0.4 is 0 Å². The number of phosphoric acid groups is 1. The van der Waals surface area contributed by atoms with Crippen LogP contribution in [0.1, 0.15) is 303 Å². The fourth-order valence-electron chi connectivity index (χ4n) is 9.10. The number of hydrogen-bond acceptors (Lipinski definition) is 10. The van der Waals surface area contributed by atoms with Crippen molar-refractivity contribution >= 4 is 25.7 Å². The molecule has 80 heavy (non-hydrogen) atoms. The van der Waals surface area contributed by atoms with Crippen LogP contribution in [0.25, 0.3) is 0 Å². The molecule has 0 fully saturated rings. The Morgan fingerprint density at radius 1 is 0.362 bits per heavy atom. The second-order valence-corrected chi connectivity index (χ2v) is 23.3. The van der Waals surface area contributed by atoms with Gasteiger partial charge in [-0.2, -0.15) is 0 Å². The Labute approximate surface area is 490 Å². The molecule has 0 saturated heterocycles. The molecule has 464 valence electrons. The Kier molecular flexibility index (Phi) is 59.6. The molecule has 0 aliphatic carbocycles. The molecule has 0 aromatic carbocycles. The monoisotopic (exact) mass is 1140 g/mol. The average Bonchev–Trinajstić information content (AvgIpc) is 3.45. The first-order valence-electron chi connectivity index (χ1n) is 32.8. The van der Waals surface area contributed by atoms with E-state index in [4.69, 9.17) is 23.3 Å². The van der Waals surface area contributed by atoms with E-state index >= 15 is 0 Å². The first-order chi connectivity index (χ1) is 39.2. The fraction of sp³-hybridized carbons (Fsp3) is 0.779. The molecule has 0 saturated carbocycles. The zero-order valence-corrected chi connectivity index (χ0v) is 52.4. The van der Waals surface area contributed by atoms with E-state index in [1.165, 1.54) is 141 Å². The van der Waals surface area contributed by atoms with Crippen molar-refractivity contribution in [3.63, 3.8) is 0 Å². The normalized spacial score (nSPS) is 13.7. The first kappa shape index (κ1) is 76.9. The molecule has 0 aliphatic rings. The summed E-state index contributed by atoms with van der Waals surface area (Å²) in [4.78, 5) is 48.8. The molecule has 0 rings (SSSR count). The number of hydrogen-bond donors (Lipinski definition) is 2. The maximum atomic E-state index is 13.0. The van der Waals surface area contributed by atoms with Gasteiger partial charge in [-0.25, -0.2) is 4.57 Å². The molecule has 2 N–H and O–H groups in total. The average molecular weight is 1150 g/mol. The minimum atomic E-state index is -4.76. The van der Waals surface area contributed by atoms with Crippen LogP contribution in [0.2, 0.25) is 0 Å². The number of aliphatic hydroxyl groups excluding tert-OH is 1. The highest BCUT2D eigenvalue weighted by molar-refractivity contribution is 7.47. The SMILES string of the molecule is CC/C=C\C/C=C\C/C=C\CCCCCCCC(=O)OCC(COP(=O)(O)OCC(CO)OC(=O)CCCCCCCCCCC/C=C\CCCCCCCC)OC(=O)CCCCCCCCCCC/C=C\C/C=C\CCCCC. The number of carbonyl (C=O) groups excluding carboxylic acids is 3. The summed E-state index contributed by atoms with van der Waals surface area (Å²) in [5.41, 5.74) is 0. The van der Waals surface area contributed by atoms with Crippen LogP contribution in [0.5, 0.6) is 0 Å². The number of unbranched alkanes of at least 4 members (excludes halogenated alkanes) is 32. The van der Waals surface area contributed by atoms with Crippen LogP contribution in [0.4, 0.5) is 0 Å². The molecule has 0 spiro atoms. The van der Waals surface area contributed by atoms with Crippen molar-refractivity contribution in [3.05, 3.63) is 72.9 Å². The van der Waals surface area contributed by atoms with Gasteiger partial charge in [0.1, 0.15) is 12.7 Å². The number of phosphoric ester groups is 1. The molecule has 3 atom stereocenters. The molecule has 12 heteroatoms. The molecule has 0 heterocycles. The van der Waals surface area contributed by atoms with Crippen LogP contribution in [0.15, 0.2) is 72.9 Å². The number of carbonyl (C=O) groups is 3. The predicted octanol–water partition coefficient (Wildman–Crippen LogP) is 20.0. The van der Waals surface area contributed by atoms with E-state index in [9.17, 15) is 28.9 Å². The maximum Gasteiger partial charge on any atom is 0.472 e. The van der Waals surface area contributed by atoms with Crippen LogP contribution >= 0.6 is 7.82 Å². The Hall–Kier alpha value is -3.08. The third kappa shape index (κ3) is 59.5. The minimum Gasteiger partial charge on any atom is -0.462 e. The van der Waals surface area contributed by atoms with Gasteiger partial charge in [-0.15, -0.1) is 0 Å². The highest BCUT2D eigenvalue weighted by Crippen LogP contribution is 2.43. The number of esters is 3. The third-order valence-electron chi connectivity index (χ3n) is 14.1. The van der Waals surface area contributed by atoms with E-state index in [2.05, 4.69) is 93.7 Å². The molecule has 0 aromatic heterocycles. The lowest BCUT2D eigenvalue weighted by atomic mass is 10.1. The number of ether oxygens (including phenoxy) is 3. The van der Waals surface area contributed by atoms with Crippen molar-refractivity contribution in [1.82, 2.24) is 0 Å². The van der Waals surface area contributed by atoms with Crippen molar-refractivity contribution < 1.29 is 52.2 Å². The van der Waals surface area contributed by atoms with Gasteiger partial charge in [0.25, 0.3) is 0 Å². The van der Waals surface area contributed by atoms with Crippen LogP contribution in [0.3, 0.4) is 0 Å². The van der Waals surface area contributed by atoms with Gasteiger partial charge in [-0.3, -0.25) is 23.4 Å². The molecular formula is C68H121O11P. The summed E-state index contributed by atoms with van der Waals surface area (Å²) in [6, 6.07) is 0. The van der Waals surface area contributed by atoms with E-state index in [1.807, 2.05) is 0 Å². The van der Waals surface area contributed by atoms with E-state index in [-0.39, 0.29) is 25.9 Å². The summed E-state index contributed by atoms with van der Waals surface area (Å²) < 4.78 is 39.7. The molecule has 0 aromatic rings. The largest absolute Gasteiger partial charge is 0.472 e. The van der Waals surface area contributed by atoms with Gasteiger partial charge in [0, 0.05) is 19.3 Å². The van der Waals surface area contributed by atoms with Gasteiger partial charge in [0.05, 0.1) is 19.8 Å². The minimum absolute atomic E-state index is 0.158. The lowest BCUT2D eigenvalue weighted by Gasteiger charge is -2.21. The Balaban J connectivity index is 4.67. The lowest BCUT2D eigenvalue weighted by Crippen LogP contribution is -2.30. The van der Waals surface area contributed by atoms with E-state index in [0.29, 0.717) is 19.3 Å². The maximum absolute atomic E-state index is 13.0. The molecule has 11 nitrogen and oxygen atoms in total. The summed E-state index contributed by atoms with van der Waals surface area (Å²) in [6.07, 6.45) is 71.3. The molecular weight excluding hydrogens is 1020 g/mol. The van der Waals surface area contributed by atoms with Gasteiger partial charge in [0.2, 0.25) is 0 Å². The summed E-state index contributed by atoms with van der Waals surface area (Å²) in [5.74, 6) is -1.48. The van der Waals surface area contributed by atoms with Crippen LogP contribution in [0, 0.1) is 0 Å². The fourth-order valence-corrected chi connectivity index (χ4v) is 9.89. The highest BCUT2D eigenvalue weighted by atomic mass is 31.2. The molecule has 0 bridgehead atoms. The summed E-state index contributed by atoms with van der Waals surface area (Å²) in [6.45, 7) is 4.53. The van der Waals surface area contributed by atoms with E-state index < -0.39 is 57.8 Å². The summed E-state index contributed by atoms with van der Waals surface area (Å²) >= 11 is 0. The predicted molar refractivity (Wildman–Crippen MR) is 335 cm³/mol. The summed E-state index contributed by atoms with van der Waals surface area (Å²) in [7, 11) is -4.76. The van der Waals surface area contributed by atoms with Crippen molar-refractivity contribution in [2.45, 2.75) is 315 Å². The number of allylic oxidation sites excluding steroid dienone is 12. The van der Waals surface area contributed by atoms with E-state index in [1.54, 1.807) is 0 Å². The second kappa shape index (κ2) is 62.0. The molecule has 3 unspecified atom stereocenters. The van der Waals surface area contributed by atoms with Crippen LogP contribution in [-0.2, 0) is 42.2 Å². The quantitative estimate of drug-likeness (QED) is 0.0197. The Morgan fingerprint density at radius 3 is 1.04 bits per heavy atom. The van der Waals surface area contributed by atoms with Crippen molar-refractivity contribution in [1.29, 1.82) is 0 Å². The van der Waals surface area contributed by atoms with Gasteiger partial charge < -0.3 is 24.2 Å². The van der Waals surface area contributed by atoms with Gasteiger partial charge in [0.15, 0.2) is 6.10 Å². The van der Waals surface area contributed by atoms with Crippen molar-refractivity contribution in [3.8, 4) is 0 Å². The first-order valence-corrected chi connectivity index (χ1v) is 34.3. The topological polar surface area (TPSA) is 155 Å². The zero-order chi connectivity index (χ0) is 58.3. The third-order valence-corrected chi connectivity index (χ3v) is 15.0. The Bertz CT molecular complexity index is 1620. The zero-order valence-electron chi connectivity index (χ0n) is 51.5. The van der Waals surface area contributed by atoms with Gasteiger partial charge in [-0.1, -0.05) is 248 Å². The highest BCUT2D eigenvalue weighted by Gasteiger charge is 2.28. The molecule has 0 amide bonds. The van der Waals surface area contributed by atoms with Crippen molar-refractivity contribution in [2.75, 3.05) is 26.4 Å². The number of rotatable bonds is 61. The molecule has 0 aliphatic heterocycles. The Morgan fingerprint density at radius 2 is 0.650 bits per heavy atom. The standard InChI is InChI=1S/C68H121O11P/c1-4-7-10-13-16-19-22-25-28-30-32-34-37-40-43-46-49-52-55-58-67(71)78-64(60-69)62-76-80(73,74)77-63-65(61-75-66(70)57-54-51-48-45-42-39-36-27-24-21-18-15-12-9-6-3)79-68(72)59-56-53-50-47-44-41-38-35-33-31-29-26-23-20-17-14-11-8-5-2/h9,12,17-18,20-21,25-29,36,64-65,69H,4-8,10-11,13-16,19,22-24,30-35,37-63H2,1-3H3,(H,73,74)/b12-9-,20-17-,21-18-,28-25-,29-26-,36-27-. The van der Waals surface area contributed by atoms with E-state index in [0.717, 1.165) is 103 Å².